The van der Waals surface area contributed by atoms with E-state index in [4.69, 9.17) is 0 Å². The highest BCUT2D eigenvalue weighted by atomic mass is 32.2. The van der Waals surface area contributed by atoms with Crippen LogP contribution in [-0.2, 0) is 16.6 Å². The summed E-state index contributed by atoms with van der Waals surface area (Å²) in [5, 5.41) is 18.0. The van der Waals surface area contributed by atoms with Crippen LogP contribution < -0.4 is 21.8 Å². The molecule has 36 heavy (non-hydrogen) atoms. The Morgan fingerprint density at radius 1 is 1.28 bits per heavy atom. The van der Waals surface area contributed by atoms with Crippen molar-refractivity contribution >= 4 is 39.0 Å². The van der Waals surface area contributed by atoms with Gasteiger partial charge in [0.25, 0.3) is 15.6 Å². The molecule has 0 aromatic carbocycles. The highest BCUT2D eigenvalue weighted by molar-refractivity contribution is 7.91. The molecule has 5 rings (SSSR count). The van der Waals surface area contributed by atoms with Crippen molar-refractivity contribution in [1.29, 1.82) is 0 Å². The van der Waals surface area contributed by atoms with Gasteiger partial charge >= 0.3 is 5.69 Å². The van der Waals surface area contributed by atoms with Crippen LogP contribution >= 0.6 is 11.3 Å². The molecule has 1 aliphatic carbocycles. The maximum Gasteiger partial charge on any atom is 0.326 e. The lowest BCUT2D eigenvalue weighted by Crippen LogP contribution is -2.29. The largest absolute Gasteiger partial charge is 0.493 e. The fourth-order valence-corrected chi connectivity index (χ4v) is 6.52. The van der Waals surface area contributed by atoms with E-state index in [2.05, 4.69) is 35.3 Å². The lowest BCUT2D eigenvalue weighted by atomic mass is 10.3. The first-order valence-electron chi connectivity index (χ1n) is 11.4. The van der Waals surface area contributed by atoms with Crippen molar-refractivity contribution in [2.24, 2.45) is 4.99 Å². The maximum atomic E-state index is 12.8. The molecule has 4 heterocycles. The summed E-state index contributed by atoms with van der Waals surface area (Å²) in [7, 11) is -3.52. The van der Waals surface area contributed by atoms with Crippen LogP contribution in [0, 0.1) is 0 Å². The van der Waals surface area contributed by atoms with Gasteiger partial charge in [-0.1, -0.05) is 13.8 Å². The second-order valence-electron chi connectivity index (χ2n) is 8.19. The predicted molar refractivity (Wildman–Crippen MR) is 133 cm³/mol. The third-order valence-corrected chi connectivity index (χ3v) is 9.22. The molecular formula is C21H25N9O4S2. The molecule has 0 atom stereocenters. The molecule has 13 nitrogen and oxygen atoms in total. The summed E-state index contributed by atoms with van der Waals surface area (Å²) in [4.78, 5) is 30.8. The molecule has 0 aliphatic heterocycles. The van der Waals surface area contributed by atoms with Crippen molar-refractivity contribution < 1.29 is 13.5 Å². The lowest BCUT2D eigenvalue weighted by molar-refractivity contribution is 0.446. The molecule has 4 aromatic heterocycles. The molecule has 1 aliphatic rings. The van der Waals surface area contributed by atoms with Gasteiger partial charge in [-0.05, 0) is 31.1 Å². The van der Waals surface area contributed by atoms with Gasteiger partial charge in [-0.2, -0.15) is 23.9 Å². The molecule has 0 saturated heterocycles. The highest BCUT2D eigenvalue weighted by Crippen LogP contribution is 2.25. The molecule has 1 fully saturated rings. The van der Waals surface area contributed by atoms with Crippen molar-refractivity contribution in [1.82, 2.24) is 33.9 Å². The quantitative estimate of drug-likeness (QED) is 0.236. The Hall–Kier alpha value is -3.56. The third-order valence-electron chi connectivity index (χ3n) is 5.62. The fraction of sp³-hybridized carbons (Fsp3) is 0.381. The number of imidazole rings is 1. The summed E-state index contributed by atoms with van der Waals surface area (Å²) in [5.74, 6) is 0.00759. The minimum atomic E-state index is -3.52. The predicted octanol–water partition coefficient (Wildman–Crippen LogP) is 0.161. The Morgan fingerprint density at radius 3 is 2.72 bits per heavy atom. The molecule has 1 saturated carbocycles. The molecule has 4 N–H and O–H groups in total. The standard InChI is InChI=1S/C21H25N9O4S2/c1-3-29(4-2)36(33,34)16-8-7-14(35-16)11-22-19-26-17-12(9-15-18(31)27-21(32)25-15)10-23-30(17)20(28-19)24-13-5-6-13/h7-10,13,31H,3-6,11H2,1-2H3,(H,22,24,28)(H2,25,27,32)/b12-9+. The number of sulfonamides is 1. The lowest BCUT2D eigenvalue weighted by Gasteiger charge is -2.16. The number of anilines is 1. The molecular weight excluding hydrogens is 506 g/mol. The number of H-pyrrole nitrogens is 2. The van der Waals surface area contributed by atoms with Crippen LogP contribution in [-0.4, -0.2) is 66.5 Å². The number of nitrogens with one attached hydrogen (secondary N) is 3. The molecule has 0 bridgehead atoms. The van der Waals surface area contributed by atoms with Crippen molar-refractivity contribution in [3.63, 3.8) is 0 Å². The van der Waals surface area contributed by atoms with E-state index in [0.717, 1.165) is 17.7 Å². The molecule has 0 radical (unpaired) electrons. The van der Waals surface area contributed by atoms with Gasteiger partial charge in [0, 0.05) is 23.2 Å². The number of aromatic hydroxyl groups is 1. The van der Waals surface area contributed by atoms with Crippen LogP contribution in [0.15, 0.2) is 32.3 Å². The van der Waals surface area contributed by atoms with Crippen molar-refractivity contribution in [3.8, 4) is 5.88 Å². The third kappa shape index (κ3) is 4.76. The van der Waals surface area contributed by atoms with Crippen LogP contribution in [0.5, 0.6) is 5.88 Å². The number of thiophene rings is 1. The molecule has 4 aromatic rings. The minimum Gasteiger partial charge on any atom is -0.493 e. The molecule has 0 amide bonds. The van der Waals surface area contributed by atoms with Crippen LogP contribution in [0.4, 0.5) is 5.95 Å². The van der Waals surface area contributed by atoms with Gasteiger partial charge in [-0.15, -0.1) is 11.3 Å². The van der Waals surface area contributed by atoms with E-state index in [9.17, 15) is 18.3 Å². The van der Waals surface area contributed by atoms with Gasteiger partial charge in [0.05, 0.1) is 18.8 Å². The van der Waals surface area contributed by atoms with Gasteiger partial charge < -0.3 is 15.4 Å². The van der Waals surface area contributed by atoms with E-state index in [1.807, 2.05) is 13.8 Å². The van der Waals surface area contributed by atoms with Crippen molar-refractivity contribution in [2.45, 2.75) is 43.5 Å². The van der Waals surface area contributed by atoms with Gasteiger partial charge in [0.1, 0.15) is 9.90 Å². The summed E-state index contributed by atoms with van der Waals surface area (Å²) in [6, 6.07) is 3.56. The number of hydrogen-bond donors (Lipinski definition) is 4. The maximum absolute atomic E-state index is 12.8. The average molecular weight is 532 g/mol. The topological polar surface area (TPSA) is 174 Å². The molecule has 0 spiro atoms. The van der Waals surface area contributed by atoms with E-state index in [-0.39, 0.29) is 21.8 Å². The second-order valence-corrected chi connectivity index (χ2v) is 11.5. The van der Waals surface area contributed by atoms with Crippen molar-refractivity contribution in [3.05, 3.63) is 50.2 Å². The number of aromatic amines is 2. The van der Waals surface area contributed by atoms with Gasteiger partial charge in [0.15, 0.2) is 5.65 Å². The first-order chi connectivity index (χ1) is 17.3. The summed E-state index contributed by atoms with van der Waals surface area (Å²) in [6.45, 7) is 4.75. The van der Waals surface area contributed by atoms with E-state index in [0.29, 0.717) is 42.1 Å². The Morgan fingerprint density at radius 2 is 2.06 bits per heavy atom. The summed E-state index contributed by atoms with van der Waals surface area (Å²) in [6.07, 6.45) is 5.06. The minimum absolute atomic E-state index is 0.183. The van der Waals surface area contributed by atoms with Crippen molar-refractivity contribution in [2.75, 3.05) is 18.4 Å². The average Bonchev–Trinajstić information content (AvgIpc) is 3.22. The molecule has 15 heteroatoms. The zero-order valence-electron chi connectivity index (χ0n) is 19.6. The van der Waals surface area contributed by atoms with E-state index >= 15 is 0 Å². The molecule has 0 unspecified atom stereocenters. The zero-order chi connectivity index (χ0) is 25.4. The summed E-state index contributed by atoms with van der Waals surface area (Å²) >= 11 is 1.20. The zero-order valence-corrected chi connectivity index (χ0v) is 21.2. The van der Waals surface area contributed by atoms with Crippen LogP contribution in [0.2, 0.25) is 0 Å². The van der Waals surface area contributed by atoms with E-state index < -0.39 is 15.7 Å². The first-order valence-corrected chi connectivity index (χ1v) is 13.7. The Bertz CT molecular complexity index is 1690. The number of rotatable bonds is 9. The smallest absolute Gasteiger partial charge is 0.326 e. The van der Waals surface area contributed by atoms with Gasteiger partial charge in [0.2, 0.25) is 11.8 Å². The summed E-state index contributed by atoms with van der Waals surface area (Å²) < 4.78 is 28.8. The van der Waals surface area contributed by atoms with Gasteiger partial charge in [-0.3, -0.25) is 4.98 Å². The Balaban J connectivity index is 1.48. The second kappa shape index (κ2) is 9.48. The number of aromatic nitrogens is 6. The Labute approximate surface area is 209 Å². The SMILES string of the molecule is CCN(CC)S(=O)(=O)c1ccc(CNc2nc(=NC3CC3)n3nc/c(=C\c4[nH]c(=O)[nH]c4O)c3n2)s1. The van der Waals surface area contributed by atoms with Crippen LogP contribution in [0.25, 0.3) is 11.7 Å². The summed E-state index contributed by atoms with van der Waals surface area (Å²) in [5.41, 5.74) is 0.482. The molecule has 190 valence electrons. The monoisotopic (exact) mass is 531 g/mol. The fourth-order valence-electron chi connectivity index (χ4n) is 3.61. The number of fused-ring (bicyclic) bond motifs is 1. The highest BCUT2D eigenvalue weighted by Gasteiger charge is 2.24. The normalized spacial score (nSPS) is 15.4. The van der Waals surface area contributed by atoms with Crippen LogP contribution in [0.1, 0.15) is 37.3 Å². The van der Waals surface area contributed by atoms with E-state index in [1.54, 1.807) is 24.4 Å². The Kier molecular flexibility index (Phi) is 6.36. The van der Waals surface area contributed by atoms with Crippen LogP contribution in [0.3, 0.4) is 0 Å². The number of nitrogens with zero attached hydrogens (tertiary/aromatic N) is 6. The van der Waals surface area contributed by atoms with Gasteiger partial charge in [-0.25, -0.2) is 18.2 Å². The van der Waals surface area contributed by atoms with E-state index in [1.165, 1.54) is 20.2 Å². The first kappa shape index (κ1) is 24.1. The number of hydrogen-bond acceptors (Lipinski definition) is 10.